The smallest absolute Gasteiger partial charge is 0.256 e. The van der Waals surface area contributed by atoms with E-state index in [9.17, 15) is 9.18 Å². The molecule has 16 heavy (non-hydrogen) atoms. The highest BCUT2D eigenvalue weighted by Gasteiger charge is 2.15. The average Bonchev–Trinajstić information content (AvgIpc) is 2.25. The molecule has 0 fully saturated rings. The maximum Gasteiger partial charge on any atom is 0.256 e. The number of hydrogen-bond donors (Lipinski definition) is 2. The monoisotopic (exact) mass is 226 g/mol. The predicted molar refractivity (Wildman–Crippen MR) is 58.7 cm³/mol. The molecule has 0 bridgehead atoms. The third-order valence-electron chi connectivity index (χ3n) is 2.23. The van der Waals surface area contributed by atoms with Crippen LogP contribution in [0.5, 0.6) is 5.75 Å². The van der Waals surface area contributed by atoms with E-state index >= 15 is 0 Å². The van der Waals surface area contributed by atoms with Crippen LogP contribution < -0.4 is 5.73 Å². The van der Waals surface area contributed by atoms with Crippen molar-refractivity contribution in [2.45, 2.75) is 6.42 Å². The Morgan fingerprint density at radius 2 is 2.25 bits per heavy atom. The summed E-state index contributed by atoms with van der Waals surface area (Å²) in [5, 5.41) is 9.02. The number of rotatable bonds is 4. The zero-order chi connectivity index (χ0) is 12.1. The lowest BCUT2D eigenvalue weighted by Gasteiger charge is -2.16. The van der Waals surface area contributed by atoms with Crippen LogP contribution in [0.25, 0.3) is 0 Å². The van der Waals surface area contributed by atoms with Crippen molar-refractivity contribution >= 4 is 5.91 Å². The van der Waals surface area contributed by atoms with Gasteiger partial charge in [-0.3, -0.25) is 4.79 Å². The van der Waals surface area contributed by atoms with Crippen molar-refractivity contribution in [3.63, 3.8) is 0 Å². The summed E-state index contributed by atoms with van der Waals surface area (Å²) in [6.45, 7) is 0.964. The highest BCUT2D eigenvalue weighted by molar-refractivity contribution is 5.94. The molecule has 1 rings (SSSR count). The highest BCUT2D eigenvalue weighted by atomic mass is 19.1. The molecule has 0 aliphatic heterocycles. The lowest BCUT2D eigenvalue weighted by molar-refractivity contribution is 0.0790. The maximum absolute atomic E-state index is 13.4. The van der Waals surface area contributed by atoms with E-state index in [1.54, 1.807) is 7.05 Å². The molecule has 0 aromatic heterocycles. The van der Waals surface area contributed by atoms with Crippen LogP contribution in [0, 0.1) is 5.82 Å². The molecular weight excluding hydrogens is 211 g/mol. The zero-order valence-electron chi connectivity index (χ0n) is 9.11. The number of benzene rings is 1. The Bertz CT molecular complexity index is 382. The summed E-state index contributed by atoms with van der Waals surface area (Å²) in [6, 6.07) is 3.48. The van der Waals surface area contributed by atoms with E-state index in [4.69, 9.17) is 10.8 Å². The van der Waals surface area contributed by atoms with Gasteiger partial charge in [-0.25, -0.2) is 4.39 Å². The molecule has 3 N–H and O–H groups in total. The Morgan fingerprint density at radius 3 is 2.81 bits per heavy atom. The van der Waals surface area contributed by atoms with Gasteiger partial charge in [0.05, 0.1) is 5.56 Å². The van der Waals surface area contributed by atoms with Crippen molar-refractivity contribution in [1.82, 2.24) is 4.90 Å². The molecule has 0 spiro atoms. The van der Waals surface area contributed by atoms with Crippen molar-refractivity contribution in [2.75, 3.05) is 20.1 Å². The predicted octanol–water partition coefficient (Wildman–Crippen LogP) is 0.952. The average molecular weight is 226 g/mol. The molecule has 0 aliphatic rings. The second kappa shape index (κ2) is 5.46. The fourth-order valence-corrected chi connectivity index (χ4v) is 1.31. The summed E-state index contributed by atoms with van der Waals surface area (Å²) >= 11 is 0. The lowest BCUT2D eigenvalue weighted by Crippen LogP contribution is -2.29. The normalized spacial score (nSPS) is 10.2. The fourth-order valence-electron chi connectivity index (χ4n) is 1.31. The quantitative estimate of drug-likeness (QED) is 0.803. The third kappa shape index (κ3) is 2.93. The Balaban J connectivity index is 2.79. The number of hydrogen-bond acceptors (Lipinski definition) is 3. The number of amides is 1. The highest BCUT2D eigenvalue weighted by Crippen LogP contribution is 2.16. The molecule has 0 heterocycles. The van der Waals surface area contributed by atoms with Crippen LogP contribution in [0.4, 0.5) is 4.39 Å². The number of phenolic OH excluding ortho intramolecular Hbond substituents is 1. The van der Waals surface area contributed by atoms with Crippen LogP contribution in [-0.4, -0.2) is 36.1 Å². The second-order valence-corrected chi connectivity index (χ2v) is 3.53. The van der Waals surface area contributed by atoms with E-state index in [1.807, 2.05) is 0 Å². The molecule has 5 heteroatoms. The molecule has 1 amide bonds. The molecule has 0 radical (unpaired) electrons. The molecule has 1 aromatic rings. The van der Waals surface area contributed by atoms with Crippen LogP contribution in [0.1, 0.15) is 16.8 Å². The lowest BCUT2D eigenvalue weighted by atomic mass is 10.1. The molecule has 88 valence electrons. The van der Waals surface area contributed by atoms with E-state index in [2.05, 4.69) is 0 Å². The van der Waals surface area contributed by atoms with Gasteiger partial charge < -0.3 is 15.7 Å². The topological polar surface area (TPSA) is 66.6 Å². The Hall–Kier alpha value is -1.62. The van der Waals surface area contributed by atoms with E-state index in [0.29, 0.717) is 19.5 Å². The molecule has 0 saturated carbocycles. The second-order valence-electron chi connectivity index (χ2n) is 3.53. The number of nitrogens with two attached hydrogens (primary N) is 1. The Labute approximate surface area is 93.5 Å². The van der Waals surface area contributed by atoms with Crippen LogP contribution >= 0.6 is 0 Å². The minimum atomic E-state index is -0.718. The SMILES string of the molecule is CN(CCCN)C(=O)c1ccc(O)cc1F. The number of nitrogens with zero attached hydrogens (tertiary/aromatic N) is 1. The van der Waals surface area contributed by atoms with Gasteiger partial charge in [0.2, 0.25) is 0 Å². The third-order valence-corrected chi connectivity index (χ3v) is 2.23. The molecule has 0 atom stereocenters. The van der Waals surface area contributed by atoms with Crippen molar-refractivity contribution in [3.05, 3.63) is 29.6 Å². The van der Waals surface area contributed by atoms with Gasteiger partial charge >= 0.3 is 0 Å². The first-order chi connectivity index (χ1) is 7.56. The first kappa shape index (κ1) is 12.4. The van der Waals surface area contributed by atoms with Gasteiger partial charge in [0.25, 0.3) is 5.91 Å². The Kier molecular flexibility index (Phi) is 4.25. The standard InChI is InChI=1S/C11H15FN2O2/c1-14(6-2-5-13)11(16)9-4-3-8(15)7-10(9)12/h3-4,7,15H,2,5-6,13H2,1H3. The van der Waals surface area contributed by atoms with Crippen LogP contribution in [0.2, 0.25) is 0 Å². The molecule has 0 saturated heterocycles. The molecule has 1 aromatic carbocycles. The minimum Gasteiger partial charge on any atom is -0.508 e. The maximum atomic E-state index is 13.4. The van der Waals surface area contributed by atoms with E-state index in [0.717, 1.165) is 6.07 Å². The molecular formula is C11H15FN2O2. The van der Waals surface area contributed by atoms with E-state index in [-0.39, 0.29) is 11.3 Å². The van der Waals surface area contributed by atoms with Gasteiger partial charge in [-0.2, -0.15) is 0 Å². The van der Waals surface area contributed by atoms with Crippen molar-refractivity contribution < 1.29 is 14.3 Å². The summed E-state index contributed by atoms with van der Waals surface area (Å²) in [6.07, 6.45) is 0.669. The van der Waals surface area contributed by atoms with Gasteiger partial charge in [-0.05, 0) is 25.1 Å². The largest absolute Gasteiger partial charge is 0.508 e. The number of aromatic hydroxyl groups is 1. The number of carbonyl (C=O) groups excluding carboxylic acids is 1. The Morgan fingerprint density at radius 1 is 1.56 bits per heavy atom. The summed E-state index contributed by atoms with van der Waals surface area (Å²) in [5.74, 6) is -1.32. The molecule has 0 unspecified atom stereocenters. The van der Waals surface area contributed by atoms with Gasteiger partial charge in [0, 0.05) is 19.7 Å². The zero-order valence-corrected chi connectivity index (χ0v) is 9.11. The first-order valence-corrected chi connectivity index (χ1v) is 5.00. The fraction of sp³-hybridized carbons (Fsp3) is 0.364. The summed E-state index contributed by atoms with van der Waals surface area (Å²) < 4.78 is 13.4. The van der Waals surface area contributed by atoms with Crippen LogP contribution in [0.15, 0.2) is 18.2 Å². The minimum absolute atomic E-state index is 0.0441. The van der Waals surface area contributed by atoms with E-state index < -0.39 is 11.7 Å². The molecule has 0 aliphatic carbocycles. The summed E-state index contributed by atoms with van der Waals surface area (Å²) in [4.78, 5) is 13.2. The van der Waals surface area contributed by atoms with Crippen molar-refractivity contribution in [1.29, 1.82) is 0 Å². The van der Waals surface area contributed by atoms with Gasteiger partial charge in [0.1, 0.15) is 11.6 Å². The van der Waals surface area contributed by atoms with Crippen molar-refractivity contribution in [3.8, 4) is 5.75 Å². The molecule has 4 nitrogen and oxygen atoms in total. The first-order valence-electron chi connectivity index (χ1n) is 5.00. The number of phenols is 1. The van der Waals surface area contributed by atoms with Gasteiger partial charge in [0.15, 0.2) is 0 Å². The van der Waals surface area contributed by atoms with Crippen molar-refractivity contribution in [2.24, 2.45) is 5.73 Å². The summed E-state index contributed by atoms with van der Waals surface area (Å²) in [7, 11) is 1.59. The number of carbonyl (C=O) groups is 1. The van der Waals surface area contributed by atoms with Crippen LogP contribution in [0.3, 0.4) is 0 Å². The van der Waals surface area contributed by atoms with E-state index in [1.165, 1.54) is 17.0 Å². The van der Waals surface area contributed by atoms with Gasteiger partial charge in [-0.15, -0.1) is 0 Å². The van der Waals surface area contributed by atoms with Crippen LogP contribution in [-0.2, 0) is 0 Å². The number of halogens is 1. The summed E-state index contributed by atoms with van der Waals surface area (Å²) in [5.41, 5.74) is 5.28. The van der Waals surface area contributed by atoms with Gasteiger partial charge in [-0.1, -0.05) is 0 Å².